The molecule has 3 aliphatic heterocycles. The van der Waals surface area contributed by atoms with Crippen LogP contribution >= 0.6 is 0 Å². The minimum absolute atomic E-state index is 0.219. The molecule has 0 N–H and O–H groups in total. The van der Waals surface area contributed by atoms with Crippen LogP contribution in [0.3, 0.4) is 0 Å². The van der Waals surface area contributed by atoms with Crippen LogP contribution in [0.2, 0.25) is 0 Å². The summed E-state index contributed by atoms with van der Waals surface area (Å²) in [6.45, 7) is 6.02. The molecule has 33 heavy (non-hydrogen) atoms. The van der Waals surface area contributed by atoms with E-state index in [0.29, 0.717) is 43.3 Å². The molecular formula is C24H28N6O3. The zero-order valence-electron chi connectivity index (χ0n) is 18.9. The van der Waals surface area contributed by atoms with Crippen molar-refractivity contribution in [2.24, 2.45) is 0 Å². The highest BCUT2D eigenvalue weighted by molar-refractivity contribution is 6.22. The van der Waals surface area contributed by atoms with Crippen LogP contribution in [0.5, 0.6) is 0 Å². The number of fused-ring (bicyclic) bond motifs is 1. The lowest BCUT2D eigenvalue weighted by Gasteiger charge is -2.36. The van der Waals surface area contributed by atoms with E-state index in [4.69, 9.17) is 4.98 Å². The molecule has 1 aromatic heterocycles. The van der Waals surface area contributed by atoms with E-state index in [1.807, 2.05) is 13.0 Å². The maximum atomic E-state index is 12.9. The van der Waals surface area contributed by atoms with Gasteiger partial charge in [0, 0.05) is 51.0 Å². The normalized spacial score (nSPS) is 18.7. The lowest BCUT2D eigenvalue weighted by Crippen LogP contribution is -2.52. The third kappa shape index (κ3) is 4.15. The number of benzene rings is 1. The molecule has 0 radical (unpaired) electrons. The molecule has 0 aliphatic carbocycles. The summed E-state index contributed by atoms with van der Waals surface area (Å²) < 4.78 is 0. The number of carbonyl (C=O) groups excluding carboxylic acids is 3. The molecule has 2 fully saturated rings. The van der Waals surface area contributed by atoms with E-state index in [-0.39, 0.29) is 12.5 Å². The number of nitrogens with zero attached hydrogens (tertiary/aromatic N) is 6. The molecule has 1 aromatic carbocycles. The van der Waals surface area contributed by atoms with Crippen LogP contribution in [-0.4, -0.2) is 83.3 Å². The number of piperidine rings is 1. The van der Waals surface area contributed by atoms with Gasteiger partial charge in [-0.3, -0.25) is 19.3 Å². The van der Waals surface area contributed by atoms with Gasteiger partial charge in [0.25, 0.3) is 11.8 Å². The summed E-state index contributed by atoms with van der Waals surface area (Å²) >= 11 is 0. The maximum absolute atomic E-state index is 12.9. The van der Waals surface area contributed by atoms with Crippen LogP contribution in [0.1, 0.15) is 45.7 Å². The lowest BCUT2D eigenvalue weighted by molar-refractivity contribution is -0.131. The van der Waals surface area contributed by atoms with Gasteiger partial charge in [0.15, 0.2) is 0 Å². The van der Waals surface area contributed by atoms with E-state index in [2.05, 4.69) is 14.8 Å². The first-order valence-corrected chi connectivity index (χ1v) is 11.6. The fourth-order valence-corrected chi connectivity index (χ4v) is 4.74. The van der Waals surface area contributed by atoms with E-state index in [9.17, 15) is 14.4 Å². The molecule has 4 heterocycles. The van der Waals surface area contributed by atoms with E-state index in [1.54, 1.807) is 29.2 Å². The predicted octanol–water partition coefficient (Wildman–Crippen LogP) is 1.72. The van der Waals surface area contributed by atoms with Gasteiger partial charge in [-0.2, -0.15) is 4.98 Å². The summed E-state index contributed by atoms with van der Waals surface area (Å²) in [5, 5.41) is 0. The van der Waals surface area contributed by atoms with Crippen molar-refractivity contribution in [1.82, 2.24) is 19.8 Å². The first-order valence-electron chi connectivity index (χ1n) is 11.6. The zero-order valence-corrected chi connectivity index (χ0v) is 18.9. The van der Waals surface area contributed by atoms with Crippen LogP contribution < -0.4 is 9.80 Å². The van der Waals surface area contributed by atoms with E-state index in [0.717, 1.165) is 29.5 Å². The van der Waals surface area contributed by atoms with Crippen molar-refractivity contribution in [3.8, 4) is 0 Å². The summed E-state index contributed by atoms with van der Waals surface area (Å²) in [6.07, 6.45) is 3.64. The van der Waals surface area contributed by atoms with Gasteiger partial charge in [-0.1, -0.05) is 12.1 Å². The van der Waals surface area contributed by atoms with E-state index < -0.39 is 11.8 Å². The number of hydrogen-bond acceptors (Lipinski definition) is 7. The third-order valence-electron chi connectivity index (χ3n) is 6.60. The van der Waals surface area contributed by atoms with Crippen LogP contribution in [0.15, 0.2) is 30.3 Å². The van der Waals surface area contributed by atoms with Gasteiger partial charge in [0.2, 0.25) is 11.9 Å². The molecule has 172 valence electrons. The van der Waals surface area contributed by atoms with Crippen molar-refractivity contribution in [2.75, 3.05) is 55.6 Å². The first-order chi connectivity index (χ1) is 16.0. The molecule has 3 aliphatic rings. The minimum atomic E-state index is -0.402. The molecule has 9 heteroatoms. The highest BCUT2D eigenvalue weighted by atomic mass is 16.2. The summed E-state index contributed by atoms with van der Waals surface area (Å²) in [7, 11) is 0. The summed E-state index contributed by atoms with van der Waals surface area (Å²) in [6, 6.07) is 8.73. The fourth-order valence-electron chi connectivity index (χ4n) is 4.74. The predicted molar refractivity (Wildman–Crippen MR) is 123 cm³/mol. The van der Waals surface area contributed by atoms with Crippen molar-refractivity contribution < 1.29 is 14.4 Å². The Bertz CT molecular complexity index is 1050. The van der Waals surface area contributed by atoms with Crippen LogP contribution in [-0.2, 0) is 4.79 Å². The van der Waals surface area contributed by atoms with Gasteiger partial charge < -0.3 is 14.7 Å². The maximum Gasteiger partial charge on any atom is 0.262 e. The number of carbonyl (C=O) groups is 3. The van der Waals surface area contributed by atoms with Crippen molar-refractivity contribution in [3.63, 3.8) is 0 Å². The number of anilines is 2. The Labute approximate surface area is 193 Å². The Kier molecular flexibility index (Phi) is 5.70. The SMILES string of the molecule is Cc1cc(N2CCCCC2)nc(N2CCN(C(=O)CN3C(=O)c4ccccc4C3=O)CC2)n1. The smallest absolute Gasteiger partial charge is 0.262 e. The van der Waals surface area contributed by atoms with Crippen molar-refractivity contribution >= 4 is 29.5 Å². The molecular weight excluding hydrogens is 420 g/mol. The van der Waals surface area contributed by atoms with Gasteiger partial charge in [0.1, 0.15) is 12.4 Å². The van der Waals surface area contributed by atoms with Crippen molar-refractivity contribution in [2.45, 2.75) is 26.2 Å². The van der Waals surface area contributed by atoms with Crippen LogP contribution in [0.4, 0.5) is 11.8 Å². The van der Waals surface area contributed by atoms with Crippen LogP contribution in [0, 0.1) is 6.92 Å². The van der Waals surface area contributed by atoms with Crippen LogP contribution in [0.25, 0.3) is 0 Å². The molecule has 0 unspecified atom stereocenters. The number of hydrogen-bond donors (Lipinski definition) is 0. The standard InChI is InChI=1S/C24H28N6O3/c1-17-15-20(27-9-5-2-6-10-27)26-24(25-17)29-13-11-28(12-14-29)21(31)16-30-22(32)18-7-3-4-8-19(18)23(30)33/h3-4,7-8,15H,2,5-6,9-14,16H2,1H3. The van der Waals surface area contributed by atoms with Gasteiger partial charge in [-0.25, -0.2) is 4.98 Å². The van der Waals surface area contributed by atoms with Crippen molar-refractivity contribution in [1.29, 1.82) is 0 Å². The second-order valence-corrected chi connectivity index (χ2v) is 8.83. The number of rotatable bonds is 4. The number of amides is 3. The second-order valence-electron chi connectivity index (χ2n) is 8.83. The Morgan fingerprint density at radius 3 is 2.12 bits per heavy atom. The average molecular weight is 449 g/mol. The molecule has 0 saturated carbocycles. The Morgan fingerprint density at radius 2 is 1.48 bits per heavy atom. The van der Waals surface area contributed by atoms with Gasteiger partial charge in [-0.05, 0) is 38.3 Å². The lowest BCUT2D eigenvalue weighted by atomic mass is 10.1. The highest BCUT2D eigenvalue weighted by Gasteiger charge is 2.37. The number of aromatic nitrogens is 2. The topological polar surface area (TPSA) is 90.0 Å². The first kappa shape index (κ1) is 21.4. The average Bonchev–Trinajstić information content (AvgIpc) is 3.09. The monoisotopic (exact) mass is 448 g/mol. The number of piperazine rings is 1. The quantitative estimate of drug-likeness (QED) is 0.658. The molecule has 5 rings (SSSR count). The molecule has 2 aromatic rings. The largest absolute Gasteiger partial charge is 0.356 e. The summed E-state index contributed by atoms with van der Waals surface area (Å²) in [5.74, 6) is 0.648. The van der Waals surface area contributed by atoms with Gasteiger partial charge in [0.05, 0.1) is 11.1 Å². The summed E-state index contributed by atoms with van der Waals surface area (Å²) in [5.41, 5.74) is 1.66. The highest BCUT2D eigenvalue weighted by Crippen LogP contribution is 2.24. The molecule has 0 bridgehead atoms. The molecule has 0 atom stereocenters. The molecule has 2 saturated heterocycles. The Balaban J connectivity index is 1.21. The number of aryl methyl sites for hydroxylation is 1. The van der Waals surface area contributed by atoms with Crippen molar-refractivity contribution in [3.05, 3.63) is 47.2 Å². The summed E-state index contributed by atoms with van der Waals surface area (Å²) in [4.78, 5) is 54.6. The Hall–Kier alpha value is -3.49. The molecule has 9 nitrogen and oxygen atoms in total. The second kappa shape index (κ2) is 8.80. The third-order valence-corrected chi connectivity index (χ3v) is 6.60. The van der Waals surface area contributed by atoms with Gasteiger partial charge >= 0.3 is 0 Å². The Morgan fingerprint density at radius 1 is 0.848 bits per heavy atom. The van der Waals surface area contributed by atoms with E-state index >= 15 is 0 Å². The minimum Gasteiger partial charge on any atom is -0.356 e. The van der Waals surface area contributed by atoms with Gasteiger partial charge in [-0.15, -0.1) is 0 Å². The molecule has 0 spiro atoms. The zero-order chi connectivity index (χ0) is 22.9. The number of imide groups is 1. The van der Waals surface area contributed by atoms with E-state index in [1.165, 1.54) is 19.3 Å². The fraction of sp³-hybridized carbons (Fsp3) is 0.458. The molecule has 3 amide bonds.